The highest BCUT2D eigenvalue weighted by Crippen LogP contribution is 2.28. The zero-order valence-corrected chi connectivity index (χ0v) is 11.7. The molecule has 2 rings (SSSR count). The van der Waals surface area contributed by atoms with Gasteiger partial charge in [-0.25, -0.2) is 4.39 Å². The Balaban J connectivity index is 2.41. The number of hydrogen-bond donors (Lipinski definition) is 1. The van der Waals surface area contributed by atoms with Crippen LogP contribution in [0.1, 0.15) is 48.2 Å². The minimum Gasteiger partial charge on any atom is -0.383 e. The monoisotopic (exact) mass is 262 g/mol. The molecule has 0 aliphatic heterocycles. The Kier molecular flexibility index (Phi) is 3.71. The van der Waals surface area contributed by atoms with Crippen molar-refractivity contribution in [3.63, 3.8) is 0 Å². The smallest absolute Gasteiger partial charge is 0.129 e. The molecule has 0 spiro atoms. The van der Waals surface area contributed by atoms with E-state index in [0.717, 1.165) is 11.1 Å². The largest absolute Gasteiger partial charge is 0.383 e. The van der Waals surface area contributed by atoms with Gasteiger partial charge in [0.15, 0.2) is 0 Å². The summed E-state index contributed by atoms with van der Waals surface area (Å²) in [5.74, 6) is -0.373. The van der Waals surface area contributed by atoms with E-state index in [9.17, 15) is 9.50 Å². The summed E-state index contributed by atoms with van der Waals surface area (Å²) < 4.78 is 15.8. The van der Waals surface area contributed by atoms with Crippen molar-refractivity contribution in [2.45, 2.75) is 39.8 Å². The summed E-state index contributed by atoms with van der Waals surface area (Å²) in [4.78, 5) is 0. The maximum absolute atomic E-state index is 14.0. The topological polar surface area (TPSA) is 38.1 Å². The van der Waals surface area contributed by atoms with Crippen molar-refractivity contribution in [1.29, 1.82) is 0 Å². The van der Waals surface area contributed by atoms with E-state index in [0.29, 0.717) is 11.1 Å². The molecular formula is C15H19FN2O. The summed E-state index contributed by atoms with van der Waals surface area (Å²) in [6.07, 6.45) is 2.37. The van der Waals surface area contributed by atoms with E-state index in [1.807, 2.05) is 33.8 Å². The molecule has 0 amide bonds. The number of rotatable bonds is 3. The van der Waals surface area contributed by atoms with E-state index in [4.69, 9.17) is 0 Å². The van der Waals surface area contributed by atoms with Crippen molar-refractivity contribution in [2.75, 3.05) is 0 Å². The van der Waals surface area contributed by atoms with Crippen molar-refractivity contribution in [2.24, 2.45) is 0 Å². The Morgan fingerprint density at radius 1 is 1.26 bits per heavy atom. The summed E-state index contributed by atoms with van der Waals surface area (Å²) in [5.41, 5.74) is 2.54. The van der Waals surface area contributed by atoms with Crippen molar-refractivity contribution in [3.8, 4) is 0 Å². The summed E-state index contributed by atoms with van der Waals surface area (Å²) >= 11 is 0. The summed E-state index contributed by atoms with van der Waals surface area (Å²) in [7, 11) is 0. The van der Waals surface area contributed by atoms with Gasteiger partial charge in [-0.15, -0.1) is 0 Å². The molecule has 0 aliphatic carbocycles. The van der Waals surface area contributed by atoms with Gasteiger partial charge in [0.1, 0.15) is 11.9 Å². The third-order valence-electron chi connectivity index (χ3n) is 3.22. The molecule has 1 unspecified atom stereocenters. The third-order valence-corrected chi connectivity index (χ3v) is 3.22. The van der Waals surface area contributed by atoms with Gasteiger partial charge in [0.25, 0.3) is 0 Å². The number of nitrogens with zero attached hydrogens (tertiary/aromatic N) is 2. The average molecular weight is 262 g/mol. The first kappa shape index (κ1) is 13.7. The lowest BCUT2D eigenvalue weighted by molar-refractivity contribution is 0.214. The molecule has 1 aromatic heterocycles. The summed E-state index contributed by atoms with van der Waals surface area (Å²) in [6.45, 7) is 7.65. The van der Waals surface area contributed by atoms with E-state index in [1.165, 1.54) is 6.07 Å². The van der Waals surface area contributed by atoms with Crippen LogP contribution in [-0.2, 0) is 0 Å². The highest BCUT2D eigenvalue weighted by Gasteiger charge is 2.19. The molecule has 0 aliphatic rings. The molecule has 2 aromatic rings. The van der Waals surface area contributed by atoms with Crippen LogP contribution >= 0.6 is 0 Å². The van der Waals surface area contributed by atoms with Gasteiger partial charge in [-0.3, -0.25) is 4.68 Å². The molecule has 3 nitrogen and oxygen atoms in total. The van der Waals surface area contributed by atoms with Crippen molar-refractivity contribution < 1.29 is 9.50 Å². The van der Waals surface area contributed by atoms with E-state index < -0.39 is 6.10 Å². The summed E-state index contributed by atoms with van der Waals surface area (Å²) in [6, 6.07) is 3.53. The minimum absolute atomic E-state index is 0.213. The Morgan fingerprint density at radius 3 is 2.47 bits per heavy atom. The molecule has 1 aromatic carbocycles. The molecule has 4 heteroatoms. The average Bonchev–Trinajstić information content (AvgIpc) is 2.76. The van der Waals surface area contributed by atoms with Crippen LogP contribution in [0.25, 0.3) is 0 Å². The van der Waals surface area contributed by atoms with Gasteiger partial charge in [-0.1, -0.05) is 6.07 Å². The van der Waals surface area contributed by atoms with Crippen LogP contribution in [-0.4, -0.2) is 14.9 Å². The number of halogens is 1. The van der Waals surface area contributed by atoms with Crippen molar-refractivity contribution >= 4 is 0 Å². The third kappa shape index (κ3) is 2.68. The van der Waals surface area contributed by atoms with Crippen molar-refractivity contribution in [3.05, 3.63) is 52.6 Å². The predicted molar refractivity (Wildman–Crippen MR) is 72.5 cm³/mol. The molecule has 0 radical (unpaired) electrons. The van der Waals surface area contributed by atoms with Crippen LogP contribution in [0.4, 0.5) is 4.39 Å². The summed E-state index contributed by atoms with van der Waals surface area (Å²) in [5, 5.41) is 14.5. The number of aliphatic hydroxyl groups is 1. The zero-order chi connectivity index (χ0) is 14.2. The maximum atomic E-state index is 14.0. The molecule has 0 fully saturated rings. The predicted octanol–water partition coefficient (Wildman–Crippen LogP) is 3.30. The lowest BCUT2D eigenvalue weighted by Crippen LogP contribution is -2.05. The van der Waals surface area contributed by atoms with E-state index in [1.54, 1.807) is 17.1 Å². The minimum atomic E-state index is -0.979. The number of aryl methyl sites for hydroxylation is 2. The Morgan fingerprint density at radius 2 is 1.95 bits per heavy atom. The fourth-order valence-electron chi connectivity index (χ4n) is 2.22. The van der Waals surface area contributed by atoms with Crippen LogP contribution in [0, 0.1) is 19.7 Å². The molecule has 1 heterocycles. The molecule has 0 saturated heterocycles. The fourth-order valence-corrected chi connectivity index (χ4v) is 2.22. The Labute approximate surface area is 112 Å². The lowest BCUT2D eigenvalue weighted by Gasteiger charge is -2.14. The quantitative estimate of drug-likeness (QED) is 0.921. The standard InChI is InChI=1S/C15H19FN2O/c1-9(2)18-8-12(7-17-18)15(19)14-11(4)5-10(3)6-13(14)16/h5-9,15,19H,1-4H3. The van der Waals surface area contributed by atoms with Crippen LogP contribution in [0.3, 0.4) is 0 Å². The van der Waals surface area contributed by atoms with Gasteiger partial charge in [-0.05, 0) is 44.9 Å². The molecule has 1 atom stereocenters. The molecular weight excluding hydrogens is 243 g/mol. The van der Waals surface area contributed by atoms with Gasteiger partial charge < -0.3 is 5.11 Å². The second-order valence-corrected chi connectivity index (χ2v) is 5.23. The highest BCUT2D eigenvalue weighted by atomic mass is 19.1. The molecule has 19 heavy (non-hydrogen) atoms. The van der Waals surface area contributed by atoms with Crippen LogP contribution < -0.4 is 0 Å². The van der Waals surface area contributed by atoms with Gasteiger partial charge in [0, 0.05) is 23.4 Å². The van der Waals surface area contributed by atoms with Crippen LogP contribution in [0.15, 0.2) is 24.5 Å². The highest BCUT2D eigenvalue weighted by molar-refractivity contribution is 5.37. The first-order valence-electron chi connectivity index (χ1n) is 6.39. The molecule has 0 bridgehead atoms. The second kappa shape index (κ2) is 5.13. The van der Waals surface area contributed by atoms with Gasteiger partial charge in [0.05, 0.1) is 6.20 Å². The Bertz CT molecular complexity index is 567. The lowest BCUT2D eigenvalue weighted by atomic mass is 9.97. The normalized spacial score (nSPS) is 13.0. The molecule has 102 valence electrons. The van der Waals surface area contributed by atoms with Crippen molar-refractivity contribution in [1.82, 2.24) is 9.78 Å². The Hall–Kier alpha value is -1.68. The number of aromatic nitrogens is 2. The van der Waals surface area contributed by atoms with Crippen LogP contribution in [0.2, 0.25) is 0 Å². The van der Waals surface area contributed by atoms with E-state index in [-0.39, 0.29) is 11.9 Å². The first-order chi connectivity index (χ1) is 8.90. The van der Waals surface area contributed by atoms with Crippen LogP contribution in [0.5, 0.6) is 0 Å². The molecule has 1 N–H and O–H groups in total. The number of hydrogen-bond acceptors (Lipinski definition) is 2. The SMILES string of the molecule is Cc1cc(C)c(C(O)c2cnn(C(C)C)c2)c(F)c1. The van der Waals surface area contributed by atoms with Gasteiger partial charge in [-0.2, -0.15) is 5.10 Å². The first-order valence-corrected chi connectivity index (χ1v) is 6.39. The number of benzene rings is 1. The second-order valence-electron chi connectivity index (χ2n) is 5.23. The van der Waals surface area contributed by atoms with E-state index >= 15 is 0 Å². The van der Waals surface area contributed by atoms with Gasteiger partial charge in [0.2, 0.25) is 0 Å². The maximum Gasteiger partial charge on any atom is 0.129 e. The number of aliphatic hydroxyl groups excluding tert-OH is 1. The van der Waals surface area contributed by atoms with Gasteiger partial charge >= 0.3 is 0 Å². The molecule has 0 saturated carbocycles. The fraction of sp³-hybridized carbons (Fsp3) is 0.400. The zero-order valence-electron chi connectivity index (χ0n) is 11.7. The van der Waals surface area contributed by atoms with E-state index in [2.05, 4.69) is 5.10 Å².